The molecule has 5 heteroatoms. The Morgan fingerprint density at radius 1 is 1.53 bits per heavy atom. The smallest absolute Gasteiger partial charge is 0.254 e. The summed E-state index contributed by atoms with van der Waals surface area (Å²) in [6.07, 6.45) is 0. The number of amides is 1. The van der Waals surface area contributed by atoms with Crippen molar-refractivity contribution in [2.45, 2.75) is 0 Å². The lowest BCUT2D eigenvalue weighted by molar-refractivity contribution is 0.0361. The Hall–Kier alpha value is -1.75. The van der Waals surface area contributed by atoms with Crippen LogP contribution in [0.1, 0.15) is 10.4 Å². The summed E-state index contributed by atoms with van der Waals surface area (Å²) in [5.41, 5.74) is 0.430. The van der Waals surface area contributed by atoms with Gasteiger partial charge in [-0.1, -0.05) is 0 Å². The van der Waals surface area contributed by atoms with Crippen LogP contribution in [-0.2, 0) is 0 Å². The lowest BCUT2D eigenvalue weighted by Crippen LogP contribution is -2.51. The standard InChI is InChI=1S/C12H15NO4/c1-17-11-3-2-9(4-10(11)15)12(16)13-5-8(6-13)7-14/h2-4,8,14-15H,5-7H2,1H3. The van der Waals surface area contributed by atoms with Gasteiger partial charge in [-0.3, -0.25) is 4.79 Å². The molecule has 1 amide bonds. The number of benzene rings is 1. The van der Waals surface area contributed by atoms with E-state index in [1.807, 2.05) is 0 Å². The topological polar surface area (TPSA) is 70.0 Å². The molecule has 1 saturated heterocycles. The summed E-state index contributed by atoms with van der Waals surface area (Å²) in [6.45, 7) is 1.25. The van der Waals surface area contributed by atoms with Crippen LogP contribution in [-0.4, -0.2) is 47.8 Å². The number of carbonyl (C=O) groups excluding carboxylic acids is 1. The monoisotopic (exact) mass is 237 g/mol. The van der Waals surface area contributed by atoms with Gasteiger partial charge in [-0.15, -0.1) is 0 Å². The van der Waals surface area contributed by atoms with E-state index < -0.39 is 0 Å². The van der Waals surface area contributed by atoms with Gasteiger partial charge in [0.1, 0.15) is 0 Å². The largest absolute Gasteiger partial charge is 0.504 e. The third kappa shape index (κ3) is 2.19. The molecule has 0 unspecified atom stereocenters. The summed E-state index contributed by atoms with van der Waals surface area (Å²) >= 11 is 0. The second-order valence-corrected chi connectivity index (χ2v) is 4.15. The van der Waals surface area contributed by atoms with Gasteiger partial charge in [-0.2, -0.15) is 0 Å². The zero-order chi connectivity index (χ0) is 12.4. The van der Waals surface area contributed by atoms with E-state index in [4.69, 9.17) is 9.84 Å². The molecule has 1 fully saturated rings. The van der Waals surface area contributed by atoms with Gasteiger partial charge in [0.25, 0.3) is 5.91 Å². The number of hydrogen-bond donors (Lipinski definition) is 2. The van der Waals surface area contributed by atoms with Crippen LogP contribution in [0, 0.1) is 5.92 Å². The van der Waals surface area contributed by atoms with E-state index >= 15 is 0 Å². The lowest BCUT2D eigenvalue weighted by Gasteiger charge is -2.38. The Morgan fingerprint density at radius 2 is 2.24 bits per heavy atom. The van der Waals surface area contributed by atoms with Gasteiger partial charge in [0, 0.05) is 31.2 Å². The first-order valence-corrected chi connectivity index (χ1v) is 5.43. The van der Waals surface area contributed by atoms with Crippen LogP contribution in [0.15, 0.2) is 18.2 Å². The van der Waals surface area contributed by atoms with E-state index in [0.717, 1.165) is 0 Å². The number of ether oxygens (including phenoxy) is 1. The molecule has 0 spiro atoms. The number of aliphatic hydroxyl groups excluding tert-OH is 1. The fourth-order valence-electron chi connectivity index (χ4n) is 1.86. The van der Waals surface area contributed by atoms with Crippen LogP contribution in [0.4, 0.5) is 0 Å². The van der Waals surface area contributed by atoms with E-state index in [1.54, 1.807) is 17.0 Å². The Morgan fingerprint density at radius 3 is 2.76 bits per heavy atom. The van der Waals surface area contributed by atoms with Crippen molar-refractivity contribution in [2.75, 3.05) is 26.8 Å². The van der Waals surface area contributed by atoms with Gasteiger partial charge in [-0.05, 0) is 18.2 Å². The van der Waals surface area contributed by atoms with Crippen LogP contribution in [0.5, 0.6) is 11.5 Å². The second-order valence-electron chi connectivity index (χ2n) is 4.15. The lowest BCUT2D eigenvalue weighted by atomic mass is 10.00. The van der Waals surface area contributed by atoms with Crippen molar-refractivity contribution >= 4 is 5.91 Å². The maximum Gasteiger partial charge on any atom is 0.254 e. The first kappa shape index (κ1) is 11.7. The summed E-state index contributed by atoms with van der Waals surface area (Å²) in [5.74, 6) is 0.356. The first-order valence-electron chi connectivity index (χ1n) is 5.43. The molecular formula is C12H15NO4. The molecular weight excluding hydrogens is 222 g/mol. The molecule has 1 aliphatic rings. The third-order valence-electron chi connectivity index (χ3n) is 2.93. The molecule has 92 valence electrons. The minimum absolute atomic E-state index is 0.0439. The number of phenolic OH excluding ortho intramolecular Hbond substituents is 1. The molecule has 0 aliphatic carbocycles. The van der Waals surface area contributed by atoms with Crippen LogP contribution >= 0.6 is 0 Å². The van der Waals surface area contributed by atoms with Crippen molar-refractivity contribution in [3.05, 3.63) is 23.8 Å². The fraction of sp³-hybridized carbons (Fsp3) is 0.417. The molecule has 0 bridgehead atoms. The predicted molar refractivity (Wildman–Crippen MR) is 61.1 cm³/mol. The highest BCUT2D eigenvalue weighted by Gasteiger charge is 2.30. The van der Waals surface area contributed by atoms with Crippen LogP contribution in [0.3, 0.4) is 0 Å². The Labute approximate surface area is 99.2 Å². The Kier molecular flexibility index (Phi) is 3.19. The number of likely N-dealkylation sites (tertiary alicyclic amines) is 1. The van der Waals surface area contributed by atoms with Crippen molar-refractivity contribution in [3.8, 4) is 11.5 Å². The van der Waals surface area contributed by atoms with Gasteiger partial charge < -0.3 is 19.8 Å². The average molecular weight is 237 g/mol. The van der Waals surface area contributed by atoms with E-state index in [-0.39, 0.29) is 24.2 Å². The maximum absolute atomic E-state index is 11.9. The molecule has 17 heavy (non-hydrogen) atoms. The predicted octanol–water partition coefficient (Wildman–Crippen LogP) is 0.465. The van der Waals surface area contributed by atoms with Crippen molar-refractivity contribution < 1.29 is 19.7 Å². The highest BCUT2D eigenvalue weighted by molar-refractivity contribution is 5.95. The molecule has 0 aromatic heterocycles. The molecule has 0 atom stereocenters. The highest BCUT2D eigenvalue weighted by Crippen LogP contribution is 2.27. The maximum atomic E-state index is 11.9. The van der Waals surface area contributed by atoms with E-state index in [1.165, 1.54) is 13.2 Å². The molecule has 1 aromatic rings. The normalized spacial score (nSPS) is 15.5. The third-order valence-corrected chi connectivity index (χ3v) is 2.93. The molecule has 5 nitrogen and oxygen atoms in total. The minimum atomic E-state index is -0.132. The van der Waals surface area contributed by atoms with E-state index in [2.05, 4.69) is 0 Å². The van der Waals surface area contributed by atoms with Crippen molar-refractivity contribution in [1.29, 1.82) is 0 Å². The van der Waals surface area contributed by atoms with Crippen LogP contribution < -0.4 is 4.74 Å². The number of carbonyl (C=O) groups is 1. The van der Waals surface area contributed by atoms with Crippen LogP contribution in [0.25, 0.3) is 0 Å². The van der Waals surface area contributed by atoms with Crippen molar-refractivity contribution in [1.82, 2.24) is 4.90 Å². The van der Waals surface area contributed by atoms with Gasteiger partial charge in [-0.25, -0.2) is 0 Å². The number of aromatic hydroxyl groups is 1. The molecule has 1 aromatic carbocycles. The fourth-order valence-corrected chi connectivity index (χ4v) is 1.86. The minimum Gasteiger partial charge on any atom is -0.504 e. The summed E-state index contributed by atoms with van der Waals surface area (Å²) in [7, 11) is 1.46. The number of phenols is 1. The van der Waals surface area contributed by atoms with E-state index in [0.29, 0.717) is 24.4 Å². The average Bonchev–Trinajstić information content (AvgIpc) is 2.27. The van der Waals surface area contributed by atoms with Gasteiger partial charge >= 0.3 is 0 Å². The zero-order valence-electron chi connectivity index (χ0n) is 9.59. The number of nitrogens with zero attached hydrogens (tertiary/aromatic N) is 1. The van der Waals surface area contributed by atoms with Gasteiger partial charge in [0.05, 0.1) is 7.11 Å². The zero-order valence-corrected chi connectivity index (χ0v) is 9.59. The SMILES string of the molecule is COc1ccc(C(=O)N2CC(CO)C2)cc1O. The molecule has 0 saturated carbocycles. The second kappa shape index (κ2) is 4.63. The van der Waals surface area contributed by atoms with Gasteiger partial charge in [0.2, 0.25) is 0 Å². The molecule has 0 radical (unpaired) electrons. The summed E-state index contributed by atoms with van der Waals surface area (Å²) < 4.78 is 4.91. The van der Waals surface area contributed by atoms with Crippen LogP contribution in [0.2, 0.25) is 0 Å². The number of aliphatic hydroxyl groups is 1. The van der Waals surface area contributed by atoms with E-state index in [9.17, 15) is 9.90 Å². The quantitative estimate of drug-likeness (QED) is 0.801. The molecule has 2 N–H and O–H groups in total. The summed E-state index contributed by atoms with van der Waals surface area (Å²) in [5, 5.41) is 18.4. The number of hydrogen-bond acceptors (Lipinski definition) is 4. The molecule has 2 rings (SSSR count). The summed E-state index contributed by atoms with van der Waals surface area (Å²) in [6, 6.07) is 4.58. The van der Waals surface area contributed by atoms with Crippen molar-refractivity contribution in [3.63, 3.8) is 0 Å². The Bertz CT molecular complexity index is 427. The molecule has 1 heterocycles. The number of rotatable bonds is 3. The first-order chi connectivity index (χ1) is 8.15. The number of methoxy groups -OCH3 is 1. The van der Waals surface area contributed by atoms with Crippen molar-refractivity contribution in [2.24, 2.45) is 5.92 Å². The molecule has 1 aliphatic heterocycles. The highest BCUT2D eigenvalue weighted by atomic mass is 16.5. The Balaban J connectivity index is 2.08. The summed E-state index contributed by atoms with van der Waals surface area (Å²) in [4.78, 5) is 13.6. The van der Waals surface area contributed by atoms with Gasteiger partial charge in [0.15, 0.2) is 11.5 Å².